The van der Waals surface area contributed by atoms with Crippen molar-refractivity contribution in [2.75, 3.05) is 0 Å². The second-order valence-corrected chi connectivity index (χ2v) is 11.6. The number of guanidine groups is 1. The zero-order chi connectivity index (χ0) is 25.1. The van der Waals surface area contributed by atoms with Crippen LogP contribution in [0.3, 0.4) is 0 Å². The van der Waals surface area contributed by atoms with Gasteiger partial charge in [0.2, 0.25) is 0 Å². The Bertz CT molecular complexity index is 1140. The molecule has 4 N–H and O–H groups in total. The number of hydrogen-bond acceptors (Lipinski definition) is 3. The van der Waals surface area contributed by atoms with Crippen LogP contribution < -0.4 is 11.5 Å². The molecule has 3 aromatic rings. The average Bonchev–Trinajstić information content (AvgIpc) is 2.78. The molecule has 4 rings (SSSR count). The molecule has 0 bridgehead atoms. The van der Waals surface area contributed by atoms with Gasteiger partial charge in [0.05, 0.1) is 11.4 Å². The topological polar surface area (TPSA) is 90.2 Å². The summed E-state index contributed by atoms with van der Waals surface area (Å²) in [6.07, 6.45) is 6.51. The Hall–Kier alpha value is -3.21. The van der Waals surface area contributed by atoms with Crippen molar-refractivity contribution in [3.8, 4) is 11.3 Å². The minimum absolute atomic E-state index is 0.0605. The molecule has 2 aromatic carbocycles. The molecule has 0 atom stereocenters. The van der Waals surface area contributed by atoms with E-state index in [1.807, 2.05) is 24.3 Å². The van der Waals surface area contributed by atoms with Gasteiger partial charge in [-0.05, 0) is 73.1 Å². The molecule has 0 amide bonds. The highest BCUT2D eigenvalue weighted by Crippen LogP contribution is 2.51. The summed E-state index contributed by atoms with van der Waals surface area (Å²) in [5.74, 6) is 1.42. The molecule has 0 aliphatic heterocycles. The van der Waals surface area contributed by atoms with Crippen LogP contribution in [0.1, 0.15) is 76.4 Å². The maximum atomic E-state index is 5.54. The molecule has 0 radical (unpaired) electrons. The van der Waals surface area contributed by atoms with E-state index in [0.29, 0.717) is 5.92 Å². The van der Waals surface area contributed by atoms with Gasteiger partial charge in [-0.1, -0.05) is 70.2 Å². The van der Waals surface area contributed by atoms with Crippen LogP contribution in [-0.4, -0.2) is 15.9 Å². The van der Waals surface area contributed by atoms with Gasteiger partial charge in [0, 0.05) is 17.2 Å². The highest BCUT2D eigenvalue weighted by Gasteiger charge is 2.40. The van der Waals surface area contributed by atoms with Crippen molar-refractivity contribution in [2.45, 2.75) is 72.1 Å². The second kappa shape index (κ2) is 10.2. The molecular weight excluding hydrogens is 430 g/mol. The van der Waals surface area contributed by atoms with E-state index in [0.717, 1.165) is 60.6 Å². The van der Waals surface area contributed by atoms with E-state index in [4.69, 9.17) is 21.4 Å². The fourth-order valence-corrected chi connectivity index (χ4v) is 5.98. The van der Waals surface area contributed by atoms with Gasteiger partial charge in [0.15, 0.2) is 5.96 Å². The minimum Gasteiger partial charge on any atom is -0.370 e. The molecule has 5 nitrogen and oxygen atoms in total. The summed E-state index contributed by atoms with van der Waals surface area (Å²) >= 11 is 0. The lowest BCUT2D eigenvalue weighted by molar-refractivity contribution is 0.0940. The van der Waals surface area contributed by atoms with Gasteiger partial charge >= 0.3 is 0 Å². The van der Waals surface area contributed by atoms with Crippen LogP contribution in [0, 0.1) is 10.8 Å². The largest absolute Gasteiger partial charge is 0.370 e. The Morgan fingerprint density at radius 2 is 1.54 bits per heavy atom. The van der Waals surface area contributed by atoms with E-state index in [1.54, 1.807) is 0 Å². The Kier molecular flexibility index (Phi) is 7.25. The van der Waals surface area contributed by atoms with Gasteiger partial charge in [-0.3, -0.25) is 0 Å². The zero-order valence-corrected chi connectivity index (χ0v) is 21.6. The second-order valence-electron chi connectivity index (χ2n) is 11.6. The summed E-state index contributed by atoms with van der Waals surface area (Å²) in [6, 6.07) is 20.8. The van der Waals surface area contributed by atoms with Gasteiger partial charge in [-0.15, -0.1) is 0 Å². The Balaban J connectivity index is 1.64. The third kappa shape index (κ3) is 6.91. The average molecular weight is 470 g/mol. The van der Waals surface area contributed by atoms with Gasteiger partial charge in [-0.2, -0.15) is 0 Å². The lowest BCUT2D eigenvalue weighted by atomic mass is 9.61. The third-order valence-electron chi connectivity index (χ3n) is 6.88. The maximum absolute atomic E-state index is 5.54. The van der Waals surface area contributed by atoms with Crippen molar-refractivity contribution in [2.24, 2.45) is 27.3 Å². The van der Waals surface area contributed by atoms with Crippen molar-refractivity contribution in [3.63, 3.8) is 0 Å². The first-order valence-corrected chi connectivity index (χ1v) is 12.7. The van der Waals surface area contributed by atoms with Crippen molar-refractivity contribution >= 4 is 11.6 Å². The van der Waals surface area contributed by atoms with Crippen LogP contribution in [-0.2, 0) is 12.8 Å². The molecule has 5 heteroatoms. The van der Waals surface area contributed by atoms with E-state index in [-0.39, 0.29) is 16.8 Å². The van der Waals surface area contributed by atoms with Crippen LogP contribution in [0.5, 0.6) is 0 Å². The molecule has 0 saturated heterocycles. The van der Waals surface area contributed by atoms with E-state index < -0.39 is 0 Å². The van der Waals surface area contributed by atoms with Gasteiger partial charge < -0.3 is 11.5 Å². The van der Waals surface area contributed by atoms with E-state index in [2.05, 4.69) is 69.1 Å². The van der Waals surface area contributed by atoms with Crippen molar-refractivity contribution in [3.05, 3.63) is 77.7 Å². The first-order valence-electron chi connectivity index (χ1n) is 12.7. The smallest absolute Gasteiger partial charge is 0.191 e. The standard InChI is InChI=1S/C30H39N5/c1-29(2)18-23(19-30(3,4)20-29)27-33-25(12-8-11-21-9-6-5-7-10-21)17-26(35-27)22-13-15-24(16-14-22)34-28(31)32/h5-7,9-10,13-17,23H,8,11-12,18-20H2,1-4H3,(H4,31,32,34). The molecule has 1 aromatic heterocycles. The SMILES string of the molecule is CC1(C)CC(c2nc(CCCc3ccccc3)cc(-c3ccc(N=C(N)N)cc3)n2)CC(C)(C)C1. The van der Waals surface area contributed by atoms with E-state index >= 15 is 0 Å². The Labute approximate surface area is 210 Å². The van der Waals surface area contributed by atoms with E-state index in [1.165, 1.54) is 12.0 Å². The summed E-state index contributed by atoms with van der Waals surface area (Å²) in [4.78, 5) is 14.4. The Morgan fingerprint density at radius 1 is 0.886 bits per heavy atom. The summed E-state index contributed by atoms with van der Waals surface area (Å²) in [7, 11) is 0. The maximum Gasteiger partial charge on any atom is 0.191 e. The fourth-order valence-electron chi connectivity index (χ4n) is 5.98. The van der Waals surface area contributed by atoms with Gasteiger partial charge in [0.1, 0.15) is 5.82 Å². The summed E-state index contributed by atoms with van der Waals surface area (Å²) in [5.41, 5.74) is 16.9. The molecule has 1 aliphatic carbocycles. The summed E-state index contributed by atoms with van der Waals surface area (Å²) in [5, 5.41) is 0. The first-order chi connectivity index (χ1) is 16.6. The van der Waals surface area contributed by atoms with Crippen LogP contribution in [0.15, 0.2) is 65.7 Å². The lowest BCUT2D eigenvalue weighted by Crippen LogP contribution is -2.33. The molecule has 0 unspecified atom stereocenters. The van der Waals surface area contributed by atoms with Crippen LogP contribution in [0.2, 0.25) is 0 Å². The number of aromatic nitrogens is 2. The first kappa shape index (κ1) is 24.9. The lowest BCUT2D eigenvalue weighted by Gasteiger charge is -2.44. The van der Waals surface area contributed by atoms with E-state index in [9.17, 15) is 0 Å². The summed E-state index contributed by atoms with van der Waals surface area (Å²) < 4.78 is 0. The molecule has 1 saturated carbocycles. The number of hydrogen-bond donors (Lipinski definition) is 2. The number of nitrogens with two attached hydrogens (primary N) is 2. The van der Waals surface area contributed by atoms with Gasteiger partial charge in [-0.25, -0.2) is 15.0 Å². The molecule has 1 fully saturated rings. The molecule has 184 valence electrons. The monoisotopic (exact) mass is 469 g/mol. The minimum atomic E-state index is 0.0605. The highest BCUT2D eigenvalue weighted by molar-refractivity contribution is 5.79. The summed E-state index contributed by atoms with van der Waals surface area (Å²) in [6.45, 7) is 9.53. The highest BCUT2D eigenvalue weighted by atomic mass is 15.0. The van der Waals surface area contributed by atoms with Gasteiger partial charge in [0.25, 0.3) is 0 Å². The van der Waals surface area contributed by atoms with Crippen molar-refractivity contribution in [1.82, 2.24) is 9.97 Å². The number of benzene rings is 2. The normalized spacial score (nSPS) is 17.1. The third-order valence-corrected chi connectivity index (χ3v) is 6.88. The molecule has 1 heterocycles. The number of nitrogens with zero attached hydrogens (tertiary/aromatic N) is 3. The predicted molar refractivity (Wildman–Crippen MR) is 146 cm³/mol. The number of aliphatic imine (C=N–C) groups is 1. The molecule has 0 spiro atoms. The number of aryl methyl sites for hydroxylation is 2. The van der Waals surface area contributed by atoms with Crippen LogP contribution >= 0.6 is 0 Å². The fraction of sp³-hybridized carbons (Fsp3) is 0.433. The van der Waals surface area contributed by atoms with Crippen LogP contribution in [0.25, 0.3) is 11.3 Å². The molecular formula is C30H39N5. The molecule has 1 aliphatic rings. The zero-order valence-electron chi connectivity index (χ0n) is 21.6. The van der Waals surface area contributed by atoms with Crippen molar-refractivity contribution in [1.29, 1.82) is 0 Å². The van der Waals surface area contributed by atoms with Crippen molar-refractivity contribution < 1.29 is 0 Å². The Morgan fingerprint density at radius 3 is 2.17 bits per heavy atom. The quantitative estimate of drug-likeness (QED) is 0.303. The van der Waals surface area contributed by atoms with Crippen LogP contribution in [0.4, 0.5) is 5.69 Å². The number of rotatable bonds is 7. The predicted octanol–water partition coefficient (Wildman–Crippen LogP) is 6.54. The molecule has 35 heavy (non-hydrogen) atoms.